The summed E-state index contributed by atoms with van der Waals surface area (Å²) >= 11 is 0. The Balaban J connectivity index is 3.29. The van der Waals surface area contributed by atoms with Crippen molar-refractivity contribution in [3.63, 3.8) is 0 Å². The Kier molecular flexibility index (Phi) is 13.3. The van der Waals surface area contributed by atoms with Crippen molar-refractivity contribution in [1.82, 2.24) is 0 Å². The van der Waals surface area contributed by atoms with Gasteiger partial charge >= 0.3 is 0 Å². The summed E-state index contributed by atoms with van der Waals surface area (Å²) in [6.07, 6.45) is 11.5. The minimum atomic E-state index is -0.00360. The van der Waals surface area contributed by atoms with Crippen molar-refractivity contribution in [1.29, 1.82) is 0 Å². The zero-order valence-electron chi connectivity index (χ0n) is 10.6. The summed E-state index contributed by atoms with van der Waals surface area (Å²) in [5.41, 5.74) is 0. The van der Waals surface area contributed by atoms with E-state index in [0.29, 0.717) is 0 Å². The van der Waals surface area contributed by atoms with Crippen LogP contribution in [0.3, 0.4) is 0 Å². The molecule has 15 heavy (non-hydrogen) atoms. The summed E-state index contributed by atoms with van der Waals surface area (Å²) in [7, 11) is 4.85. The molecule has 0 fully saturated rings. The molecule has 0 atom stereocenters. The first kappa shape index (κ1) is 15.7. The third kappa shape index (κ3) is 10.9. The molecular weight excluding hydrogens is 228 g/mol. The molecule has 0 rings (SSSR count). The van der Waals surface area contributed by atoms with Crippen LogP contribution in [0.25, 0.3) is 0 Å². The van der Waals surface area contributed by atoms with E-state index in [9.17, 15) is 0 Å². The molecule has 86 valence electrons. The highest BCUT2D eigenvalue weighted by molar-refractivity contribution is 7.31. The Morgan fingerprint density at radius 3 is 1.60 bits per heavy atom. The molecule has 0 aromatic carbocycles. The predicted octanol–water partition coefficient (Wildman–Crippen LogP) is 3.93. The van der Waals surface area contributed by atoms with Crippen LogP contribution in [0.15, 0.2) is 0 Å². The van der Waals surface area contributed by atoms with Gasteiger partial charge < -0.3 is 0 Å². The minimum Gasteiger partial charge on any atom is -0.0654 e. The van der Waals surface area contributed by atoms with Gasteiger partial charge in [-0.05, 0) is 0 Å². The van der Waals surface area contributed by atoms with Crippen LogP contribution in [0.2, 0.25) is 12.1 Å². The lowest BCUT2D eigenvalue weighted by molar-refractivity contribution is 0.688. The average Bonchev–Trinajstić information content (AvgIpc) is 2.27. The lowest BCUT2D eigenvalue weighted by Crippen LogP contribution is -2.22. The van der Waals surface area contributed by atoms with E-state index in [1.807, 2.05) is 0 Å². The largest absolute Gasteiger partial charge is 0.0654 e. The Bertz CT molecular complexity index is 105. The molecule has 0 unspecified atom stereocenters. The summed E-state index contributed by atoms with van der Waals surface area (Å²) in [4.78, 5) is 0. The average molecular weight is 255 g/mol. The van der Waals surface area contributed by atoms with E-state index in [-0.39, 0.29) is 8.31 Å². The predicted molar refractivity (Wildman–Crippen MR) is 75.2 cm³/mol. The van der Waals surface area contributed by atoms with Gasteiger partial charge in [-0.2, -0.15) is 0 Å². The molecule has 0 saturated carbocycles. The summed E-state index contributed by atoms with van der Waals surface area (Å²) in [6, 6.07) is 3.11. The molecule has 0 spiro atoms. The second-order valence-electron chi connectivity index (χ2n) is 4.35. The molecule has 0 aromatic heterocycles. The van der Waals surface area contributed by atoms with Gasteiger partial charge in [0.2, 0.25) is 0 Å². The van der Waals surface area contributed by atoms with E-state index in [0.717, 1.165) is 8.55 Å². The number of hydrogen-bond acceptors (Lipinski definition) is 0. The van der Waals surface area contributed by atoms with Crippen molar-refractivity contribution in [2.24, 2.45) is 0 Å². The molecule has 0 nitrogen and oxygen atoms in total. The van der Waals surface area contributed by atoms with Crippen LogP contribution in [0, 0.1) is 0 Å². The summed E-state index contributed by atoms with van der Waals surface area (Å²) in [6.45, 7) is 4.59. The van der Waals surface area contributed by atoms with Gasteiger partial charge in [-0.25, -0.2) is 0 Å². The Labute approximate surface area is 104 Å². The van der Waals surface area contributed by atoms with Crippen LogP contribution in [-0.4, -0.2) is 26.6 Å². The van der Waals surface area contributed by atoms with Crippen molar-refractivity contribution >= 4 is 26.6 Å². The number of hydrogen-bond donors (Lipinski definition) is 0. The van der Waals surface area contributed by atoms with E-state index < -0.39 is 0 Å². The van der Waals surface area contributed by atoms with E-state index >= 15 is 0 Å². The lowest BCUT2D eigenvalue weighted by Gasteiger charge is -2.11. The van der Waals surface area contributed by atoms with Crippen LogP contribution < -0.4 is 0 Å². The lowest BCUT2D eigenvalue weighted by atomic mass is 10.2. The molecule has 0 bridgehead atoms. The fraction of sp³-hybridized carbons (Fsp3) is 1.00. The summed E-state index contributed by atoms with van der Waals surface area (Å²) in [5.74, 6) is 0. The highest BCUT2D eigenvalue weighted by Crippen LogP contribution is 2.12. The second-order valence-corrected chi connectivity index (χ2v) is 11.9. The zero-order valence-corrected chi connectivity index (χ0v) is 13.6. The molecule has 0 N–H and O–H groups in total. The number of unbranched alkanes of at least 4 members (excludes halogenated alkanes) is 6. The summed E-state index contributed by atoms with van der Waals surface area (Å²) in [5, 5.41) is 0. The van der Waals surface area contributed by atoms with Gasteiger partial charge in [0.1, 0.15) is 0 Å². The standard InChI is InChI=1S/C12H26Si3/c1-3-5-7-9-11-15(14-13)12-10-8-6-4-2/h3-12H2,1-2H3. The van der Waals surface area contributed by atoms with Crippen LogP contribution in [0.1, 0.15) is 65.2 Å². The topological polar surface area (TPSA) is 0 Å². The second kappa shape index (κ2) is 12.7. The van der Waals surface area contributed by atoms with Crippen LogP contribution >= 0.6 is 0 Å². The molecule has 6 radical (unpaired) electrons. The molecule has 0 aromatic rings. The smallest absolute Gasteiger partial charge is 0.0303 e. The van der Waals surface area contributed by atoms with E-state index in [1.165, 1.54) is 51.4 Å². The van der Waals surface area contributed by atoms with Gasteiger partial charge in [-0.3, -0.25) is 0 Å². The number of rotatable bonds is 11. The fourth-order valence-corrected chi connectivity index (χ4v) is 7.69. The van der Waals surface area contributed by atoms with E-state index in [2.05, 4.69) is 23.6 Å². The van der Waals surface area contributed by atoms with Gasteiger partial charge in [-0.15, -0.1) is 0 Å². The highest BCUT2D eigenvalue weighted by atomic mass is 29.5. The molecule has 3 heteroatoms. The van der Waals surface area contributed by atoms with E-state index in [4.69, 9.17) is 0 Å². The molecule has 0 amide bonds. The minimum absolute atomic E-state index is 0.00360. The third-order valence-corrected chi connectivity index (χ3v) is 10.9. The van der Waals surface area contributed by atoms with Crippen molar-refractivity contribution < 1.29 is 0 Å². The van der Waals surface area contributed by atoms with Gasteiger partial charge in [0.15, 0.2) is 0 Å². The summed E-state index contributed by atoms with van der Waals surface area (Å²) < 4.78 is 0. The Morgan fingerprint density at radius 2 is 1.27 bits per heavy atom. The molecule has 0 heterocycles. The van der Waals surface area contributed by atoms with Gasteiger partial charge in [0, 0.05) is 26.6 Å². The first-order valence-corrected chi connectivity index (χ1v) is 12.0. The Morgan fingerprint density at radius 1 is 0.800 bits per heavy atom. The maximum absolute atomic E-state index is 3.77. The monoisotopic (exact) mass is 254 g/mol. The fourth-order valence-electron chi connectivity index (χ4n) is 1.78. The van der Waals surface area contributed by atoms with Crippen molar-refractivity contribution in [2.45, 2.75) is 77.3 Å². The van der Waals surface area contributed by atoms with Gasteiger partial charge in [0.25, 0.3) is 0 Å². The Hall–Kier alpha value is 0.651. The van der Waals surface area contributed by atoms with Crippen LogP contribution in [0.4, 0.5) is 0 Å². The molecule has 0 aliphatic heterocycles. The van der Waals surface area contributed by atoms with Gasteiger partial charge in [-0.1, -0.05) is 77.3 Å². The molecule has 0 saturated heterocycles. The van der Waals surface area contributed by atoms with Crippen molar-refractivity contribution in [2.75, 3.05) is 0 Å². The third-order valence-electron chi connectivity index (χ3n) is 2.84. The maximum Gasteiger partial charge on any atom is 0.0303 e. The maximum atomic E-state index is 3.77. The SMILES string of the molecule is CCCCCC[Si](CCCCCC)[Si][Si]. The van der Waals surface area contributed by atoms with Crippen LogP contribution in [0.5, 0.6) is 0 Å². The molecule has 0 aliphatic carbocycles. The molecular formula is C12H26Si3. The zero-order chi connectivity index (χ0) is 11.4. The van der Waals surface area contributed by atoms with Gasteiger partial charge in [0.05, 0.1) is 0 Å². The van der Waals surface area contributed by atoms with Crippen LogP contribution in [-0.2, 0) is 0 Å². The van der Waals surface area contributed by atoms with E-state index in [1.54, 1.807) is 12.1 Å². The normalized spacial score (nSPS) is 11.2. The van der Waals surface area contributed by atoms with Crippen molar-refractivity contribution in [3.05, 3.63) is 0 Å². The van der Waals surface area contributed by atoms with Crippen molar-refractivity contribution in [3.8, 4) is 0 Å². The first-order chi connectivity index (χ1) is 7.35. The first-order valence-electron chi connectivity index (χ1n) is 6.62. The molecule has 0 aliphatic rings. The quantitative estimate of drug-likeness (QED) is 0.387. The highest BCUT2D eigenvalue weighted by Gasteiger charge is 2.07.